The predicted molar refractivity (Wildman–Crippen MR) is 40.5 cm³/mol. The third-order valence-corrected chi connectivity index (χ3v) is 1.51. The normalized spacial score (nSPS) is 9.25. The van der Waals surface area contributed by atoms with Gasteiger partial charge in [-0.1, -0.05) is 0 Å². The Bertz CT molecular complexity index is 196. The molecule has 0 amide bonds. The van der Waals surface area contributed by atoms with Crippen molar-refractivity contribution in [3.63, 3.8) is 0 Å². The van der Waals surface area contributed by atoms with Crippen LogP contribution in [0.3, 0.4) is 0 Å². The lowest BCUT2D eigenvalue weighted by atomic mass is 10.5. The summed E-state index contributed by atoms with van der Waals surface area (Å²) < 4.78 is 19.7. The molecule has 66 valence electrons. The maximum Gasteiger partial charge on any atom is 0.304 e. The van der Waals surface area contributed by atoms with Gasteiger partial charge < -0.3 is 0 Å². The SMILES string of the molecule is N#CCCOS(=O)OCCC#N. The first kappa shape index (κ1) is 11.1. The van der Waals surface area contributed by atoms with Gasteiger partial charge >= 0.3 is 11.4 Å². The van der Waals surface area contributed by atoms with Gasteiger partial charge in [-0.05, 0) is 0 Å². The van der Waals surface area contributed by atoms with E-state index in [9.17, 15) is 4.21 Å². The summed E-state index contributed by atoms with van der Waals surface area (Å²) >= 11 is -1.83. The van der Waals surface area contributed by atoms with Crippen LogP contribution in [-0.4, -0.2) is 17.4 Å². The quantitative estimate of drug-likeness (QED) is 0.564. The van der Waals surface area contributed by atoms with Crippen molar-refractivity contribution in [3.05, 3.63) is 0 Å². The number of nitrogens with zero attached hydrogens (tertiary/aromatic N) is 2. The van der Waals surface area contributed by atoms with Crippen LogP contribution in [0, 0.1) is 22.7 Å². The molecule has 0 aliphatic carbocycles. The molecule has 0 heterocycles. The minimum absolute atomic E-state index is 0.0790. The summed E-state index contributed by atoms with van der Waals surface area (Å²) in [6.07, 6.45) is 0.348. The van der Waals surface area contributed by atoms with Crippen LogP contribution < -0.4 is 0 Å². The average molecular weight is 188 g/mol. The minimum Gasteiger partial charge on any atom is -0.267 e. The van der Waals surface area contributed by atoms with E-state index in [2.05, 4.69) is 8.37 Å². The maximum absolute atomic E-state index is 10.6. The molecule has 12 heavy (non-hydrogen) atoms. The second-order valence-corrected chi connectivity index (χ2v) is 2.54. The van der Waals surface area contributed by atoms with Gasteiger partial charge in [-0.3, -0.25) is 8.37 Å². The summed E-state index contributed by atoms with van der Waals surface area (Å²) in [5.74, 6) is 0. The molecule has 0 aromatic rings. The van der Waals surface area contributed by atoms with E-state index in [-0.39, 0.29) is 26.1 Å². The first-order chi connectivity index (χ1) is 5.81. The lowest BCUT2D eigenvalue weighted by molar-refractivity contribution is 0.257. The fourth-order valence-electron chi connectivity index (χ4n) is 0.345. The molecule has 0 saturated carbocycles. The topological polar surface area (TPSA) is 83.1 Å². The zero-order valence-electron chi connectivity index (χ0n) is 6.36. The smallest absolute Gasteiger partial charge is 0.267 e. The molecule has 0 spiro atoms. The van der Waals surface area contributed by atoms with Crippen LogP contribution in [-0.2, 0) is 19.7 Å². The van der Waals surface area contributed by atoms with Crippen LogP contribution in [0.1, 0.15) is 12.8 Å². The molecule has 5 nitrogen and oxygen atoms in total. The Balaban J connectivity index is 3.24. The van der Waals surface area contributed by atoms with E-state index < -0.39 is 11.4 Å². The standard InChI is InChI=1S/C6H8N2O3S/c7-3-1-5-10-12(9)11-6-2-4-8/h1-2,5-6H2. The van der Waals surface area contributed by atoms with E-state index in [1.54, 1.807) is 0 Å². The Morgan fingerprint density at radius 3 is 1.83 bits per heavy atom. The molecule has 0 radical (unpaired) electrons. The second kappa shape index (κ2) is 8.15. The Morgan fingerprint density at radius 1 is 1.08 bits per heavy atom. The summed E-state index contributed by atoms with van der Waals surface area (Å²) in [4.78, 5) is 0. The molecule has 6 heteroatoms. The highest BCUT2D eigenvalue weighted by atomic mass is 32.2. The summed E-state index contributed by atoms with van der Waals surface area (Å²) in [6, 6.07) is 3.65. The van der Waals surface area contributed by atoms with Crippen LogP contribution in [0.15, 0.2) is 0 Å². The molecule has 0 atom stereocenters. The summed E-state index contributed by atoms with van der Waals surface area (Å²) in [5.41, 5.74) is 0. The highest BCUT2D eigenvalue weighted by Crippen LogP contribution is 1.91. The van der Waals surface area contributed by atoms with E-state index in [1.165, 1.54) is 0 Å². The molecule has 0 fully saturated rings. The maximum atomic E-state index is 10.6. The van der Waals surface area contributed by atoms with Gasteiger partial charge in [-0.15, -0.1) is 0 Å². The average Bonchev–Trinajstić information content (AvgIpc) is 2.06. The highest BCUT2D eigenvalue weighted by molar-refractivity contribution is 7.75. The first-order valence-electron chi connectivity index (χ1n) is 3.23. The Morgan fingerprint density at radius 2 is 1.50 bits per heavy atom. The zero-order valence-corrected chi connectivity index (χ0v) is 7.17. The molecule has 0 rings (SSSR count). The highest BCUT2D eigenvalue weighted by Gasteiger charge is 1.98. The molecule has 0 aliphatic rings. The van der Waals surface area contributed by atoms with E-state index >= 15 is 0 Å². The van der Waals surface area contributed by atoms with Gasteiger partial charge in [0.15, 0.2) is 0 Å². The van der Waals surface area contributed by atoms with Gasteiger partial charge in [0.25, 0.3) is 0 Å². The third-order valence-electron chi connectivity index (χ3n) is 0.787. The third kappa shape index (κ3) is 7.16. The van der Waals surface area contributed by atoms with Crippen LogP contribution in [0.4, 0.5) is 0 Å². The van der Waals surface area contributed by atoms with Crippen molar-refractivity contribution in [2.45, 2.75) is 12.8 Å². The summed E-state index contributed by atoms with van der Waals surface area (Å²) in [5, 5.41) is 16.2. The van der Waals surface area contributed by atoms with Gasteiger partial charge in [0, 0.05) is 0 Å². The van der Waals surface area contributed by atoms with Gasteiger partial charge in [-0.2, -0.15) is 14.7 Å². The van der Waals surface area contributed by atoms with Crippen molar-refractivity contribution in [1.29, 1.82) is 10.5 Å². The van der Waals surface area contributed by atoms with Crippen molar-refractivity contribution >= 4 is 11.4 Å². The fraction of sp³-hybridized carbons (Fsp3) is 0.667. The van der Waals surface area contributed by atoms with Crippen LogP contribution in [0.25, 0.3) is 0 Å². The Hall–Kier alpha value is -0.950. The molecular weight excluding hydrogens is 180 g/mol. The molecular formula is C6H8N2O3S. The molecule has 0 aromatic carbocycles. The second-order valence-electron chi connectivity index (χ2n) is 1.66. The molecule has 0 unspecified atom stereocenters. The molecule has 0 saturated heterocycles. The molecule has 0 N–H and O–H groups in total. The fourth-order valence-corrected chi connectivity index (χ4v) is 0.852. The van der Waals surface area contributed by atoms with Crippen molar-refractivity contribution < 1.29 is 12.6 Å². The van der Waals surface area contributed by atoms with Crippen molar-refractivity contribution in [1.82, 2.24) is 0 Å². The lowest BCUT2D eigenvalue weighted by Crippen LogP contribution is -2.03. The van der Waals surface area contributed by atoms with Crippen LogP contribution in [0.2, 0.25) is 0 Å². The number of hydrogen-bond donors (Lipinski definition) is 0. The monoisotopic (exact) mass is 188 g/mol. The van der Waals surface area contributed by atoms with Crippen LogP contribution in [0.5, 0.6) is 0 Å². The molecule has 0 aromatic heterocycles. The van der Waals surface area contributed by atoms with Crippen molar-refractivity contribution in [2.24, 2.45) is 0 Å². The number of nitriles is 2. The number of rotatable bonds is 6. The van der Waals surface area contributed by atoms with Crippen molar-refractivity contribution in [3.8, 4) is 12.1 Å². The summed E-state index contributed by atoms with van der Waals surface area (Å²) in [6.45, 7) is 0.158. The minimum atomic E-state index is -1.83. The van der Waals surface area contributed by atoms with Gasteiger partial charge in [-0.25, -0.2) is 0 Å². The van der Waals surface area contributed by atoms with Crippen LogP contribution >= 0.6 is 0 Å². The first-order valence-corrected chi connectivity index (χ1v) is 4.23. The Kier molecular flexibility index (Phi) is 7.50. The predicted octanol–water partition coefficient (Wildman–Crippen LogP) is 0.426. The molecule has 0 bridgehead atoms. The largest absolute Gasteiger partial charge is 0.304 e. The van der Waals surface area contributed by atoms with Gasteiger partial charge in [0.1, 0.15) is 0 Å². The van der Waals surface area contributed by atoms with E-state index in [4.69, 9.17) is 10.5 Å². The van der Waals surface area contributed by atoms with Gasteiger partial charge in [0.05, 0.1) is 38.2 Å². The van der Waals surface area contributed by atoms with E-state index in [0.29, 0.717) is 0 Å². The lowest BCUT2D eigenvalue weighted by Gasteiger charge is -1.98. The summed E-state index contributed by atoms with van der Waals surface area (Å²) in [7, 11) is 0. The zero-order chi connectivity index (χ0) is 9.23. The van der Waals surface area contributed by atoms with Gasteiger partial charge in [0.2, 0.25) is 0 Å². The molecule has 0 aliphatic heterocycles. The van der Waals surface area contributed by atoms with E-state index in [0.717, 1.165) is 0 Å². The van der Waals surface area contributed by atoms with E-state index in [1.807, 2.05) is 12.1 Å². The van der Waals surface area contributed by atoms with Crippen molar-refractivity contribution in [2.75, 3.05) is 13.2 Å². The number of hydrogen-bond acceptors (Lipinski definition) is 5. The Labute approximate surface area is 73.4 Å².